The summed E-state index contributed by atoms with van der Waals surface area (Å²) in [5.74, 6) is -1.12. The van der Waals surface area contributed by atoms with E-state index in [2.05, 4.69) is 14.9 Å². The molecule has 0 bridgehead atoms. The zero-order valence-electron chi connectivity index (χ0n) is 9.54. The Morgan fingerprint density at radius 3 is 2.65 bits per heavy atom. The first kappa shape index (κ1) is 13.7. The molecule has 1 aromatic rings. The van der Waals surface area contributed by atoms with Crippen molar-refractivity contribution in [2.75, 3.05) is 0 Å². The SMILES string of the molecule is CC(C)C[C@H](NS(=O)(=O)c1ccn[nH]1)C(=O)O. The van der Waals surface area contributed by atoms with E-state index in [0.717, 1.165) is 0 Å². The van der Waals surface area contributed by atoms with Gasteiger partial charge < -0.3 is 5.11 Å². The molecule has 0 spiro atoms. The fraction of sp³-hybridized carbons (Fsp3) is 0.556. The zero-order valence-corrected chi connectivity index (χ0v) is 10.4. The minimum absolute atomic E-state index is 0.0700. The topological polar surface area (TPSA) is 112 Å². The number of nitrogens with zero attached hydrogens (tertiary/aromatic N) is 1. The van der Waals surface area contributed by atoms with Crippen molar-refractivity contribution >= 4 is 16.0 Å². The fourth-order valence-electron chi connectivity index (χ4n) is 1.31. The van der Waals surface area contributed by atoms with Crippen molar-refractivity contribution in [2.45, 2.75) is 31.3 Å². The fourth-order valence-corrected chi connectivity index (χ4v) is 2.43. The molecule has 1 atom stereocenters. The molecular formula is C9H15N3O4S. The van der Waals surface area contributed by atoms with Crippen LogP contribution in [0.1, 0.15) is 20.3 Å². The Hall–Kier alpha value is -1.41. The Balaban J connectivity index is 2.84. The van der Waals surface area contributed by atoms with Gasteiger partial charge >= 0.3 is 5.97 Å². The Morgan fingerprint density at radius 2 is 2.24 bits per heavy atom. The summed E-state index contributed by atoms with van der Waals surface area (Å²) in [5, 5.41) is 14.6. The number of sulfonamides is 1. The summed E-state index contributed by atoms with van der Waals surface area (Å²) in [5.41, 5.74) is 0. The van der Waals surface area contributed by atoms with Crippen LogP contribution in [0, 0.1) is 5.92 Å². The number of carboxylic acid groups (broad SMARTS) is 1. The smallest absolute Gasteiger partial charge is 0.321 e. The molecular weight excluding hydrogens is 246 g/mol. The molecule has 8 heteroatoms. The first-order valence-corrected chi connectivity index (χ1v) is 6.55. The molecule has 0 aliphatic heterocycles. The molecule has 0 amide bonds. The lowest BCUT2D eigenvalue weighted by Crippen LogP contribution is -2.41. The summed E-state index contributed by atoms with van der Waals surface area (Å²) in [6, 6.07) is 0.125. The van der Waals surface area contributed by atoms with Crippen molar-refractivity contribution in [3.8, 4) is 0 Å². The zero-order chi connectivity index (χ0) is 13.1. The Morgan fingerprint density at radius 1 is 1.59 bits per heavy atom. The van der Waals surface area contributed by atoms with E-state index in [1.807, 2.05) is 13.8 Å². The highest BCUT2D eigenvalue weighted by molar-refractivity contribution is 7.89. The number of aromatic amines is 1. The van der Waals surface area contributed by atoms with Crippen LogP contribution in [0.3, 0.4) is 0 Å². The van der Waals surface area contributed by atoms with Crippen LogP contribution in [0.25, 0.3) is 0 Å². The van der Waals surface area contributed by atoms with Crippen LogP contribution in [0.4, 0.5) is 0 Å². The molecule has 96 valence electrons. The number of H-pyrrole nitrogens is 1. The quantitative estimate of drug-likeness (QED) is 0.676. The first-order chi connectivity index (χ1) is 7.83. The molecule has 0 radical (unpaired) electrons. The van der Waals surface area contributed by atoms with Crippen LogP contribution in [-0.4, -0.2) is 35.7 Å². The molecule has 1 rings (SSSR count). The van der Waals surface area contributed by atoms with Gasteiger partial charge in [-0.3, -0.25) is 9.89 Å². The lowest BCUT2D eigenvalue weighted by Gasteiger charge is -2.15. The average molecular weight is 261 g/mol. The van der Waals surface area contributed by atoms with Gasteiger partial charge in [0.15, 0.2) is 5.03 Å². The number of nitrogens with one attached hydrogen (secondary N) is 2. The predicted octanol–water partition coefficient (Wildman–Crippen LogP) is 0.187. The van der Waals surface area contributed by atoms with Gasteiger partial charge in [0.2, 0.25) is 0 Å². The van der Waals surface area contributed by atoms with Gasteiger partial charge in [0.1, 0.15) is 6.04 Å². The minimum atomic E-state index is -3.86. The maximum Gasteiger partial charge on any atom is 0.321 e. The summed E-state index contributed by atoms with van der Waals surface area (Å²) >= 11 is 0. The van der Waals surface area contributed by atoms with E-state index in [4.69, 9.17) is 5.11 Å². The van der Waals surface area contributed by atoms with E-state index in [9.17, 15) is 13.2 Å². The molecule has 0 aliphatic carbocycles. The highest BCUT2D eigenvalue weighted by atomic mass is 32.2. The molecule has 1 aromatic heterocycles. The van der Waals surface area contributed by atoms with Gasteiger partial charge in [0.05, 0.1) is 6.20 Å². The van der Waals surface area contributed by atoms with E-state index in [0.29, 0.717) is 0 Å². The Kier molecular flexibility index (Phi) is 4.24. The highest BCUT2D eigenvalue weighted by Gasteiger charge is 2.26. The molecule has 0 unspecified atom stereocenters. The first-order valence-electron chi connectivity index (χ1n) is 5.07. The molecule has 7 nitrogen and oxygen atoms in total. The Bertz CT molecular complexity index is 466. The van der Waals surface area contributed by atoms with Crippen molar-refractivity contribution in [3.05, 3.63) is 12.3 Å². The average Bonchev–Trinajstić information content (AvgIpc) is 2.68. The van der Waals surface area contributed by atoms with Crippen LogP contribution in [-0.2, 0) is 14.8 Å². The maximum atomic E-state index is 11.7. The third-order valence-electron chi connectivity index (χ3n) is 2.07. The van der Waals surface area contributed by atoms with Crippen LogP contribution in [0.2, 0.25) is 0 Å². The van der Waals surface area contributed by atoms with E-state index in [1.54, 1.807) is 0 Å². The summed E-state index contributed by atoms with van der Waals surface area (Å²) in [7, 11) is -3.86. The summed E-state index contributed by atoms with van der Waals surface area (Å²) in [6.45, 7) is 3.64. The molecule has 0 saturated heterocycles. The van der Waals surface area contributed by atoms with Gasteiger partial charge in [0, 0.05) is 0 Å². The van der Waals surface area contributed by atoms with E-state index < -0.39 is 22.0 Å². The van der Waals surface area contributed by atoms with Crippen molar-refractivity contribution < 1.29 is 18.3 Å². The standard InChI is InChI=1S/C9H15N3O4S/c1-6(2)5-7(9(13)14)12-17(15,16)8-3-4-10-11-8/h3-4,6-7,12H,5H2,1-2H3,(H,10,11)(H,13,14)/t7-/m0/s1. The minimum Gasteiger partial charge on any atom is -0.480 e. The normalized spacial score (nSPS) is 13.8. The molecule has 0 saturated carbocycles. The molecule has 3 N–H and O–H groups in total. The van der Waals surface area contributed by atoms with Gasteiger partial charge in [-0.05, 0) is 18.4 Å². The van der Waals surface area contributed by atoms with Crippen LogP contribution >= 0.6 is 0 Å². The second kappa shape index (κ2) is 5.28. The van der Waals surface area contributed by atoms with Gasteiger partial charge in [-0.15, -0.1) is 0 Å². The summed E-state index contributed by atoms with van der Waals surface area (Å²) in [4.78, 5) is 10.9. The van der Waals surface area contributed by atoms with Crippen molar-refractivity contribution in [1.82, 2.24) is 14.9 Å². The number of carbonyl (C=O) groups is 1. The van der Waals surface area contributed by atoms with Gasteiger partial charge in [0.25, 0.3) is 10.0 Å². The lowest BCUT2D eigenvalue weighted by molar-refractivity contribution is -0.139. The number of carboxylic acids is 1. The highest BCUT2D eigenvalue weighted by Crippen LogP contribution is 2.09. The molecule has 0 aliphatic rings. The summed E-state index contributed by atoms with van der Waals surface area (Å²) < 4.78 is 25.6. The molecule has 17 heavy (non-hydrogen) atoms. The number of aliphatic carboxylic acids is 1. The van der Waals surface area contributed by atoms with Gasteiger partial charge in [-0.1, -0.05) is 13.8 Å². The molecule has 0 fully saturated rings. The van der Waals surface area contributed by atoms with Crippen LogP contribution < -0.4 is 4.72 Å². The van der Waals surface area contributed by atoms with Crippen molar-refractivity contribution in [2.24, 2.45) is 5.92 Å². The third-order valence-corrected chi connectivity index (χ3v) is 3.47. The number of aromatic nitrogens is 2. The summed E-state index contributed by atoms with van der Waals surface area (Å²) in [6.07, 6.45) is 1.51. The third kappa shape index (κ3) is 3.82. The van der Waals surface area contributed by atoms with Gasteiger partial charge in [-0.25, -0.2) is 8.42 Å². The van der Waals surface area contributed by atoms with Crippen LogP contribution in [0.15, 0.2) is 17.3 Å². The number of rotatable bonds is 6. The van der Waals surface area contributed by atoms with Gasteiger partial charge in [-0.2, -0.15) is 9.82 Å². The second-order valence-electron chi connectivity index (χ2n) is 4.06. The predicted molar refractivity (Wildman–Crippen MR) is 59.8 cm³/mol. The van der Waals surface area contributed by atoms with E-state index in [1.165, 1.54) is 12.3 Å². The molecule has 1 heterocycles. The van der Waals surface area contributed by atoms with Crippen LogP contribution in [0.5, 0.6) is 0 Å². The monoisotopic (exact) mass is 261 g/mol. The van der Waals surface area contributed by atoms with E-state index >= 15 is 0 Å². The van der Waals surface area contributed by atoms with Crippen molar-refractivity contribution in [3.63, 3.8) is 0 Å². The van der Waals surface area contributed by atoms with Crippen molar-refractivity contribution in [1.29, 1.82) is 0 Å². The largest absolute Gasteiger partial charge is 0.480 e. The number of hydrogen-bond donors (Lipinski definition) is 3. The van der Waals surface area contributed by atoms with E-state index in [-0.39, 0.29) is 17.4 Å². The maximum absolute atomic E-state index is 11.7. The Labute approximate surface area is 99.3 Å². The number of hydrogen-bond acceptors (Lipinski definition) is 4. The molecule has 0 aromatic carbocycles. The lowest BCUT2D eigenvalue weighted by atomic mass is 10.1. The second-order valence-corrected chi connectivity index (χ2v) is 5.74.